The maximum Gasteiger partial charge on any atom is 0.173 e. The molecular weight excluding hydrogens is 415 g/mol. The Morgan fingerprint density at radius 1 is 1.11 bits per heavy atom. The highest BCUT2D eigenvalue weighted by Crippen LogP contribution is 2.41. The smallest absolute Gasteiger partial charge is 0.173 e. The molecule has 2 aromatic heterocycles. The Hall–Kier alpha value is -2.28. The number of carbonyl (C=O) groups excluding carboxylic acids is 1. The predicted molar refractivity (Wildman–Crippen MR) is 114 cm³/mol. The summed E-state index contributed by atoms with van der Waals surface area (Å²) in [6, 6.07) is 13.2. The van der Waals surface area contributed by atoms with Crippen molar-refractivity contribution in [3.05, 3.63) is 76.1 Å². The van der Waals surface area contributed by atoms with Crippen molar-refractivity contribution in [2.45, 2.75) is 11.9 Å². The van der Waals surface area contributed by atoms with Crippen molar-refractivity contribution < 1.29 is 9.18 Å². The van der Waals surface area contributed by atoms with Crippen LogP contribution in [0.15, 0.2) is 59.9 Å². The summed E-state index contributed by atoms with van der Waals surface area (Å²) in [7, 11) is 0. The second-order valence-corrected chi connectivity index (χ2v) is 8.72. The maximum absolute atomic E-state index is 13.1. The highest BCUT2D eigenvalue weighted by molar-refractivity contribution is 8.00. The van der Waals surface area contributed by atoms with E-state index in [1.807, 2.05) is 24.3 Å². The van der Waals surface area contributed by atoms with Gasteiger partial charge in [-0.05, 0) is 48.9 Å². The summed E-state index contributed by atoms with van der Waals surface area (Å²) >= 11 is 9.00. The lowest BCUT2D eigenvalue weighted by atomic mass is 10.0. The number of hydrogen-bond donors (Lipinski definition) is 0. The average Bonchev–Trinajstić information content (AvgIpc) is 3.03. The van der Waals surface area contributed by atoms with E-state index < -0.39 is 0 Å². The molecule has 4 rings (SSSR count). The molecule has 0 N–H and O–H groups in total. The summed E-state index contributed by atoms with van der Waals surface area (Å²) in [5.41, 5.74) is 2.59. The Balaban J connectivity index is 1.68. The van der Waals surface area contributed by atoms with Gasteiger partial charge >= 0.3 is 0 Å². The highest BCUT2D eigenvalue weighted by Gasteiger charge is 2.18. The number of thiophene rings is 1. The monoisotopic (exact) mass is 428 g/mol. The van der Waals surface area contributed by atoms with Crippen molar-refractivity contribution in [3.8, 4) is 11.1 Å². The molecule has 2 aromatic carbocycles. The van der Waals surface area contributed by atoms with Crippen LogP contribution in [0.25, 0.3) is 21.3 Å². The van der Waals surface area contributed by atoms with Gasteiger partial charge in [0, 0.05) is 21.0 Å². The molecule has 3 nitrogen and oxygen atoms in total. The van der Waals surface area contributed by atoms with E-state index in [9.17, 15) is 9.18 Å². The number of nitrogens with zero attached hydrogens (tertiary/aromatic N) is 2. The number of ketones is 1. The number of aromatic nitrogens is 2. The lowest BCUT2D eigenvalue weighted by molar-refractivity contribution is 0.102. The topological polar surface area (TPSA) is 42.9 Å². The fourth-order valence-corrected chi connectivity index (χ4v) is 5.05. The molecule has 0 aliphatic carbocycles. The lowest BCUT2D eigenvalue weighted by Gasteiger charge is -2.06. The number of aryl methyl sites for hydroxylation is 1. The van der Waals surface area contributed by atoms with Crippen LogP contribution in [-0.2, 0) is 0 Å². The van der Waals surface area contributed by atoms with Crippen LogP contribution in [-0.4, -0.2) is 21.5 Å². The minimum Gasteiger partial charge on any atom is -0.293 e. The molecule has 0 radical (unpaired) electrons. The fourth-order valence-electron chi connectivity index (χ4n) is 2.94. The summed E-state index contributed by atoms with van der Waals surface area (Å²) in [6.07, 6.45) is 1.52. The van der Waals surface area contributed by atoms with E-state index in [0.717, 1.165) is 31.2 Å². The standard InChI is InChI=1S/C21H14ClFN2OS2/c1-12-18(14-2-6-15(22)7-3-14)19-20(24-11-25-21(19)28-12)27-10-17(26)13-4-8-16(23)9-5-13/h2-9,11H,10H2,1H3. The average molecular weight is 429 g/mol. The van der Waals surface area contributed by atoms with E-state index in [-0.39, 0.29) is 17.4 Å². The number of rotatable bonds is 5. The van der Waals surface area contributed by atoms with Gasteiger partial charge in [0.15, 0.2) is 5.78 Å². The first-order valence-corrected chi connectivity index (χ1v) is 10.6. The van der Waals surface area contributed by atoms with Gasteiger partial charge in [-0.25, -0.2) is 14.4 Å². The van der Waals surface area contributed by atoms with E-state index in [2.05, 4.69) is 16.9 Å². The molecule has 0 amide bonds. The third kappa shape index (κ3) is 3.81. The number of carbonyl (C=O) groups is 1. The molecule has 2 heterocycles. The zero-order valence-corrected chi connectivity index (χ0v) is 17.2. The normalized spacial score (nSPS) is 11.1. The van der Waals surface area contributed by atoms with Gasteiger partial charge in [0.05, 0.1) is 11.1 Å². The van der Waals surface area contributed by atoms with Crippen LogP contribution < -0.4 is 0 Å². The molecule has 0 spiro atoms. The first-order valence-electron chi connectivity index (χ1n) is 8.44. The van der Waals surface area contributed by atoms with Crippen molar-refractivity contribution in [1.29, 1.82) is 0 Å². The third-order valence-corrected chi connectivity index (χ3v) is 6.52. The van der Waals surface area contributed by atoms with Gasteiger partial charge in [-0.2, -0.15) is 0 Å². The van der Waals surface area contributed by atoms with Gasteiger partial charge < -0.3 is 0 Å². The molecule has 0 fully saturated rings. The number of hydrogen-bond acceptors (Lipinski definition) is 5. The molecule has 0 aliphatic heterocycles. The zero-order valence-electron chi connectivity index (χ0n) is 14.8. The quantitative estimate of drug-likeness (QED) is 0.208. The van der Waals surface area contributed by atoms with Crippen molar-refractivity contribution in [3.63, 3.8) is 0 Å². The number of benzene rings is 2. The van der Waals surface area contributed by atoms with Crippen LogP contribution in [0.3, 0.4) is 0 Å². The largest absolute Gasteiger partial charge is 0.293 e. The Morgan fingerprint density at radius 3 is 2.54 bits per heavy atom. The van der Waals surface area contributed by atoms with Gasteiger partial charge in [-0.3, -0.25) is 4.79 Å². The van der Waals surface area contributed by atoms with Gasteiger partial charge in [0.1, 0.15) is 22.0 Å². The second-order valence-electron chi connectivity index (χ2n) is 6.12. The first-order chi connectivity index (χ1) is 13.5. The van der Waals surface area contributed by atoms with E-state index >= 15 is 0 Å². The molecule has 0 unspecified atom stereocenters. The van der Waals surface area contributed by atoms with Crippen molar-refractivity contribution in [2.24, 2.45) is 0 Å². The highest BCUT2D eigenvalue weighted by atomic mass is 35.5. The van der Waals surface area contributed by atoms with E-state index in [1.54, 1.807) is 11.3 Å². The third-order valence-electron chi connectivity index (χ3n) is 4.27. The Bertz CT molecular complexity index is 1160. The molecule has 28 heavy (non-hydrogen) atoms. The number of halogens is 2. The summed E-state index contributed by atoms with van der Waals surface area (Å²) in [4.78, 5) is 23.3. The van der Waals surface area contributed by atoms with Crippen molar-refractivity contribution >= 4 is 50.7 Å². The lowest BCUT2D eigenvalue weighted by Crippen LogP contribution is -2.02. The minimum absolute atomic E-state index is 0.0724. The molecule has 0 saturated carbocycles. The molecule has 0 bridgehead atoms. The van der Waals surface area contributed by atoms with Gasteiger partial charge in [-0.1, -0.05) is 35.5 Å². The minimum atomic E-state index is -0.358. The Kier molecular flexibility index (Phi) is 5.44. The zero-order chi connectivity index (χ0) is 19.7. The molecular formula is C21H14ClFN2OS2. The van der Waals surface area contributed by atoms with Crippen molar-refractivity contribution in [1.82, 2.24) is 9.97 Å². The van der Waals surface area contributed by atoms with Crippen LogP contribution in [0.1, 0.15) is 15.2 Å². The Labute approximate surface area is 174 Å². The summed E-state index contributed by atoms with van der Waals surface area (Å²) < 4.78 is 13.1. The van der Waals surface area contributed by atoms with Crippen LogP contribution in [0, 0.1) is 12.7 Å². The van der Waals surface area contributed by atoms with E-state index in [4.69, 9.17) is 11.6 Å². The SMILES string of the molecule is Cc1sc2ncnc(SCC(=O)c3ccc(F)cc3)c2c1-c1ccc(Cl)cc1. The van der Waals surface area contributed by atoms with E-state index in [0.29, 0.717) is 10.6 Å². The number of fused-ring (bicyclic) bond motifs is 1. The number of Topliss-reactive ketones (excluding diaryl/α,β-unsaturated/α-hetero) is 1. The summed E-state index contributed by atoms with van der Waals surface area (Å²) in [5, 5.41) is 2.38. The van der Waals surface area contributed by atoms with Crippen LogP contribution in [0.2, 0.25) is 5.02 Å². The van der Waals surface area contributed by atoms with Crippen LogP contribution >= 0.6 is 34.7 Å². The predicted octanol–water partition coefficient (Wildman–Crippen LogP) is 6.43. The van der Waals surface area contributed by atoms with Crippen molar-refractivity contribution in [2.75, 3.05) is 5.75 Å². The van der Waals surface area contributed by atoms with E-state index in [1.165, 1.54) is 42.4 Å². The van der Waals surface area contributed by atoms with Crippen LogP contribution in [0.4, 0.5) is 4.39 Å². The first kappa shape index (κ1) is 19.1. The number of thioether (sulfide) groups is 1. The summed E-state index contributed by atoms with van der Waals surface area (Å²) in [5.74, 6) is -0.216. The molecule has 0 saturated heterocycles. The van der Waals surface area contributed by atoms with Gasteiger partial charge in [-0.15, -0.1) is 11.3 Å². The molecule has 0 atom stereocenters. The maximum atomic E-state index is 13.1. The molecule has 0 aliphatic rings. The van der Waals surface area contributed by atoms with Gasteiger partial charge in [0.2, 0.25) is 0 Å². The van der Waals surface area contributed by atoms with Crippen LogP contribution in [0.5, 0.6) is 0 Å². The molecule has 140 valence electrons. The molecule has 4 aromatic rings. The fraction of sp³-hybridized carbons (Fsp3) is 0.0952. The van der Waals surface area contributed by atoms with Gasteiger partial charge in [0.25, 0.3) is 0 Å². The Morgan fingerprint density at radius 2 is 1.82 bits per heavy atom. The summed E-state index contributed by atoms with van der Waals surface area (Å²) in [6.45, 7) is 2.05. The second kappa shape index (κ2) is 7.99. The molecule has 7 heteroatoms.